The molecule has 16 heteroatoms. The molecule has 0 radical (unpaired) electrons. The number of imidazole rings is 1. The largest absolute Gasteiger partial charge is 1.00 e. The van der Waals surface area contributed by atoms with E-state index in [4.69, 9.17) is 15.2 Å². The highest BCUT2D eigenvalue weighted by Gasteiger charge is 2.42. The van der Waals surface area contributed by atoms with Crippen molar-refractivity contribution in [3.05, 3.63) is 80.2 Å². The van der Waals surface area contributed by atoms with Crippen LogP contribution in [0.15, 0.2) is 57.5 Å². The molecule has 0 aliphatic carbocycles. The average molecular weight is 712 g/mol. The number of aromatic nitrogens is 2. The van der Waals surface area contributed by atoms with E-state index in [2.05, 4.69) is 31.9 Å². The zero-order valence-corrected chi connectivity index (χ0v) is 22.9. The van der Waals surface area contributed by atoms with Gasteiger partial charge in [-0.25, -0.2) is 8.78 Å². The van der Waals surface area contributed by atoms with Crippen LogP contribution in [-0.4, -0.2) is 4.57 Å². The summed E-state index contributed by atoms with van der Waals surface area (Å²) < 4.78 is 123. The van der Waals surface area contributed by atoms with Gasteiger partial charge < -0.3 is 21.9 Å². The van der Waals surface area contributed by atoms with Gasteiger partial charge in [0.05, 0.1) is 20.1 Å². The van der Waals surface area contributed by atoms with Gasteiger partial charge in [0.25, 0.3) is 0 Å². The van der Waals surface area contributed by atoms with Crippen LogP contribution in [0.1, 0.15) is 11.1 Å². The Morgan fingerprint density at radius 3 is 1.82 bits per heavy atom. The van der Waals surface area contributed by atoms with Gasteiger partial charge in [-0.1, -0.05) is 0 Å². The minimum absolute atomic E-state index is 0. The summed E-state index contributed by atoms with van der Waals surface area (Å²) in [5.41, 5.74) is 1.68. The molecule has 0 amide bonds. The Kier molecular flexibility index (Phi) is 8.97. The number of nitrogens with two attached hydrogens (primary N) is 1. The maximum atomic E-state index is 14.0. The summed E-state index contributed by atoms with van der Waals surface area (Å²) in [6, 6.07) is 7.12. The van der Waals surface area contributed by atoms with E-state index in [0.717, 1.165) is 33.4 Å². The van der Waals surface area contributed by atoms with E-state index in [1.54, 1.807) is 0 Å². The average Bonchev–Trinajstić information content (AvgIpc) is 3.06. The fourth-order valence-corrected chi connectivity index (χ4v) is 4.52. The van der Waals surface area contributed by atoms with E-state index in [0.29, 0.717) is 6.07 Å². The number of nitrogens with zero attached hydrogens (tertiary/aromatic N) is 2. The molecule has 5 nitrogen and oxygen atoms in total. The highest BCUT2D eigenvalue weighted by Crippen LogP contribution is 2.40. The number of benzene rings is 3. The van der Waals surface area contributed by atoms with Crippen LogP contribution in [0.5, 0.6) is 11.5 Å². The summed E-state index contributed by atoms with van der Waals surface area (Å²) in [5.74, 6) is -1.58. The second kappa shape index (κ2) is 11.4. The normalized spacial score (nSPS) is 11.9. The minimum atomic E-state index is -5.21. The van der Waals surface area contributed by atoms with Crippen LogP contribution in [0.2, 0.25) is 0 Å². The molecule has 3 aromatic carbocycles. The summed E-state index contributed by atoms with van der Waals surface area (Å²) in [5, 5.41) is 0. The van der Waals surface area contributed by atoms with E-state index in [1.807, 2.05) is 0 Å². The molecule has 0 aliphatic heterocycles. The Morgan fingerprint density at radius 2 is 1.33 bits per heavy atom. The molecule has 0 unspecified atom stereocenters. The van der Waals surface area contributed by atoms with Gasteiger partial charge in [0.15, 0.2) is 5.52 Å². The number of ether oxygens (including phenoxy) is 2. The van der Waals surface area contributed by atoms with Crippen LogP contribution >= 0.6 is 31.9 Å². The van der Waals surface area contributed by atoms with Crippen molar-refractivity contribution in [2.45, 2.75) is 25.8 Å². The third kappa shape index (κ3) is 6.52. The van der Waals surface area contributed by atoms with Crippen molar-refractivity contribution in [3.8, 4) is 11.5 Å². The van der Waals surface area contributed by atoms with Crippen molar-refractivity contribution in [1.82, 2.24) is 4.57 Å². The topological polar surface area (TPSA) is 53.3 Å². The van der Waals surface area contributed by atoms with Crippen molar-refractivity contribution in [2.24, 2.45) is 0 Å². The Labute approximate surface area is 237 Å². The number of halogens is 11. The molecule has 0 saturated carbocycles. The molecule has 210 valence electrons. The van der Waals surface area contributed by atoms with Crippen molar-refractivity contribution in [1.29, 1.82) is 0 Å². The summed E-state index contributed by atoms with van der Waals surface area (Å²) in [4.78, 5) is 0. The Morgan fingerprint density at radius 1 is 0.795 bits per heavy atom. The van der Waals surface area contributed by atoms with Crippen LogP contribution in [0.3, 0.4) is 0 Å². The lowest BCUT2D eigenvalue weighted by molar-refractivity contribution is -0.688. The van der Waals surface area contributed by atoms with Gasteiger partial charge in [-0.05, 0) is 80.4 Å². The number of rotatable bonds is 6. The van der Waals surface area contributed by atoms with E-state index in [1.165, 1.54) is 12.1 Å². The smallest absolute Gasteiger partial charge is 0.419 e. The number of fused-ring (bicyclic) bond motifs is 1. The maximum absolute atomic E-state index is 14.0. The first-order valence-corrected chi connectivity index (χ1v) is 11.9. The van der Waals surface area contributed by atoms with E-state index < -0.39 is 65.6 Å². The Hall–Kier alpha value is -2.78. The van der Waals surface area contributed by atoms with Gasteiger partial charge in [0.1, 0.15) is 28.7 Å². The van der Waals surface area contributed by atoms with Crippen LogP contribution in [0.25, 0.3) is 11.0 Å². The van der Waals surface area contributed by atoms with Crippen molar-refractivity contribution < 1.29 is 61.6 Å². The quantitative estimate of drug-likeness (QED) is 0.238. The van der Waals surface area contributed by atoms with Crippen LogP contribution < -0.4 is 32.2 Å². The summed E-state index contributed by atoms with van der Waals surface area (Å²) in [7, 11) is 0. The minimum Gasteiger partial charge on any atom is -1.00 e. The van der Waals surface area contributed by atoms with Gasteiger partial charge >= 0.3 is 18.3 Å². The zero-order chi connectivity index (χ0) is 28.0. The SMILES string of the molecule is Nc1n(COc2ccc(F)cc2Br)c2cc(C(F)(F)F)cc(C(F)(F)F)c2[n+]1COc1ccc(F)cc1Br.[Cl-]. The number of alkyl halides is 6. The molecule has 0 fully saturated rings. The van der Waals surface area contributed by atoms with Crippen LogP contribution in [0, 0.1) is 11.6 Å². The first kappa shape index (κ1) is 30.8. The van der Waals surface area contributed by atoms with Crippen LogP contribution in [0.4, 0.5) is 41.1 Å². The molecule has 2 N–H and O–H groups in total. The third-order valence-corrected chi connectivity index (χ3v) is 6.56. The summed E-state index contributed by atoms with van der Waals surface area (Å²) in [6.45, 7) is -1.33. The number of nitrogen functional groups attached to an aromatic ring is 1. The molecule has 0 atom stereocenters. The number of hydrogen-bond donors (Lipinski definition) is 1. The molecule has 4 aromatic rings. The predicted octanol–water partition coefficient (Wildman–Crippen LogP) is 4.43. The molecule has 0 spiro atoms. The lowest BCUT2D eigenvalue weighted by Gasteiger charge is -2.13. The molecular formula is C23H14Br2ClF8N3O2. The molecule has 0 bridgehead atoms. The second-order valence-electron chi connectivity index (χ2n) is 7.80. The first-order valence-electron chi connectivity index (χ1n) is 10.3. The molecule has 1 heterocycles. The Bertz CT molecular complexity index is 1530. The number of anilines is 1. The molecule has 4 rings (SSSR count). The van der Waals surface area contributed by atoms with Crippen molar-refractivity contribution >= 4 is 48.8 Å². The van der Waals surface area contributed by atoms with E-state index in [9.17, 15) is 35.1 Å². The molecule has 39 heavy (non-hydrogen) atoms. The second-order valence-corrected chi connectivity index (χ2v) is 9.51. The molecule has 0 aliphatic rings. The van der Waals surface area contributed by atoms with Gasteiger partial charge in [-0.2, -0.15) is 35.5 Å². The molecular weight excluding hydrogens is 698 g/mol. The monoisotopic (exact) mass is 709 g/mol. The third-order valence-electron chi connectivity index (χ3n) is 5.32. The lowest BCUT2D eigenvalue weighted by atomic mass is 10.1. The molecule has 1 aromatic heterocycles. The van der Waals surface area contributed by atoms with Crippen LogP contribution in [-0.2, 0) is 25.8 Å². The maximum Gasteiger partial charge on any atom is 0.419 e. The van der Waals surface area contributed by atoms with E-state index in [-0.39, 0.29) is 38.9 Å². The van der Waals surface area contributed by atoms with E-state index >= 15 is 0 Å². The van der Waals surface area contributed by atoms with Crippen molar-refractivity contribution in [3.63, 3.8) is 0 Å². The van der Waals surface area contributed by atoms with Crippen molar-refractivity contribution in [2.75, 3.05) is 5.73 Å². The first-order chi connectivity index (χ1) is 17.7. The summed E-state index contributed by atoms with van der Waals surface area (Å²) >= 11 is 6.14. The lowest BCUT2D eigenvalue weighted by Crippen LogP contribution is -3.00. The van der Waals surface area contributed by atoms with Gasteiger partial charge in [-0.3, -0.25) is 5.73 Å². The van der Waals surface area contributed by atoms with Gasteiger partial charge in [-0.15, -0.1) is 0 Å². The fraction of sp³-hybridized carbons (Fsp3) is 0.174. The summed E-state index contributed by atoms with van der Waals surface area (Å²) in [6.07, 6.45) is -10.3. The standard InChI is InChI=1S/C23H13Br2F8N3O2.ClH/c24-15-7-12(26)1-3-18(15)37-9-35-17-6-11(22(28,29)30)5-14(23(31,32)33)20(17)36(21(35)34)10-38-19-4-2-13(27)8-16(19)25;/h1-8,34H,9-10H2;1H. The zero-order valence-electron chi connectivity index (χ0n) is 19.0. The van der Waals surface area contributed by atoms with Gasteiger partial charge in [0.2, 0.25) is 13.5 Å². The number of hydrogen-bond acceptors (Lipinski definition) is 3. The van der Waals surface area contributed by atoms with Gasteiger partial charge in [0, 0.05) is 0 Å². The Balaban J connectivity index is 0.00000420. The molecule has 0 saturated heterocycles. The fourth-order valence-electron chi connectivity index (χ4n) is 3.59. The highest BCUT2D eigenvalue weighted by atomic mass is 79.9. The predicted molar refractivity (Wildman–Crippen MR) is 126 cm³/mol. The highest BCUT2D eigenvalue weighted by molar-refractivity contribution is 9.10.